The van der Waals surface area contributed by atoms with Crippen molar-refractivity contribution in [3.8, 4) is 5.75 Å². The molecule has 2 aromatic heterocycles. The maximum Gasteiger partial charge on any atom is 0.345 e. The van der Waals surface area contributed by atoms with Gasteiger partial charge in [-0.25, -0.2) is 4.79 Å². The molecule has 0 atom stereocenters. The highest BCUT2D eigenvalue weighted by Gasteiger charge is 2.23. The minimum absolute atomic E-state index is 0.393. The van der Waals surface area contributed by atoms with E-state index in [0.717, 1.165) is 50.9 Å². The van der Waals surface area contributed by atoms with Crippen LogP contribution in [0.1, 0.15) is 71.2 Å². The number of allylic oxidation sites excluding steroid dienone is 2. The van der Waals surface area contributed by atoms with Gasteiger partial charge in [0.05, 0.1) is 5.69 Å². The summed E-state index contributed by atoms with van der Waals surface area (Å²) in [6, 6.07) is 2.25. The molecule has 0 saturated heterocycles. The summed E-state index contributed by atoms with van der Waals surface area (Å²) in [6.07, 6.45) is 8.98. The molecule has 4 N–H and O–H groups in total. The molecule has 2 heterocycles. The lowest BCUT2D eigenvalue weighted by Gasteiger charge is -2.14. The predicted molar refractivity (Wildman–Crippen MR) is 122 cm³/mol. The van der Waals surface area contributed by atoms with E-state index in [4.69, 9.17) is 0 Å². The van der Waals surface area contributed by atoms with Crippen molar-refractivity contribution in [3.05, 3.63) is 62.8 Å². The molecule has 0 saturated carbocycles. The van der Waals surface area contributed by atoms with Gasteiger partial charge < -0.3 is 25.1 Å². The van der Waals surface area contributed by atoms with Crippen LogP contribution < -0.4 is 10.9 Å². The number of hydrogen-bond donors (Lipinski definition) is 4. The molecule has 0 unspecified atom stereocenters. The van der Waals surface area contributed by atoms with Crippen molar-refractivity contribution in [2.75, 3.05) is 6.54 Å². The topological polar surface area (TPSA) is 107 Å². The summed E-state index contributed by atoms with van der Waals surface area (Å²) < 4.78 is 2.17. The second-order valence-electron chi connectivity index (χ2n) is 8.04. The van der Waals surface area contributed by atoms with Crippen molar-refractivity contribution in [1.82, 2.24) is 14.9 Å². The number of rotatable bonds is 5. The SMILES string of the molecule is C=C1/C=C\c2c(cc(CNCCC)n2C)CCCCCc2c1[nH]c(=O)c(C(=O)O)c2O. The van der Waals surface area contributed by atoms with Crippen molar-refractivity contribution in [2.24, 2.45) is 7.05 Å². The summed E-state index contributed by atoms with van der Waals surface area (Å²) in [4.78, 5) is 26.4. The Bertz CT molecular complexity index is 1080. The summed E-state index contributed by atoms with van der Waals surface area (Å²) in [5.74, 6) is -1.90. The molecule has 0 aliphatic heterocycles. The van der Waals surface area contributed by atoms with Crippen LogP contribution >= 0.6 is 0 Å². The molecule has 1 aliphatic rings. The molecule has 1 aliphatic carbocycles. The second kappa shape index (κ2) is 9.83. The van der Waals surface area contributed by atoms with E-state index in [1.54, 1.807) is 0 Å². The van der Waals surface area contributed by atoms with E-state index in [2.05, 4.69) is 34.4 Å². The van der Waals surface area contributed by atoms with Gasteiger partial charge in [-0.1, -0.05) is 26.0 Å². The van der Waals surface area contributed by atoms with Gasteiger partial charge in [0, 0.05) is 30.5 Å². The van der Waals surface area contributed by atoms with Crippen LogP contribution in [-0.4, -0.2) is 32.3 Å². The highest BCUT2D eigenvalue weighted by Crippen LogP contribution is 2.30. The second-order valence-corrected chi connectivity index (χ2v) is 8.04. The van der Waals surface area contributed by atoms with Gasteiger partial charge in [0.2, 0.25) is 0 Å². The number of aryl methyl sites for hydroxylation is 1. The minimum atomic E-state index is -1.44. The maximum absolute atomic E-state index is 12.3. The molecule has 0 amide bonds. The van der Waals surface area contributed by atoms with E-state index >= 15 is 0 Å². The van der Waals surface area contributed by atoms with Crippen molar-refractivity contribution in [1.29, 1.82) is 0 Å². The third kappa shape index (κ3) is 4.82. The first-order valence-corrected chi connectivity index (χ1v) is 10.8. The first-order valence-electron chi connectivity index (χ1n) is 10.8. The molecule has 0 aromatic carbocycles. The maximum atomic E-state index is 12.3. The van der Waals surface area contributed by atoms with Crippen LogP contribution in [0.5, 0.6) is 5.75 Å². The van der Waals surface area contributed by atoms with Gasteiger partial charge in [0.15, 0.2) is 5.56 Å². The Morgan fingerprint density at radius 2 is 2.00 bits per heavy atom. The largest absolute Gasteiger partial charge is 0.506 e. The van der Waals surface area contributed by atoms with E-state index in [0.29, 0.717) is 23.3 Å². The molecule has 3 rings (SSSR count). The van der Waals surface area contributed by atoms with Crippen molar-refractivity contribution >= 4 is 17.6 Å². The Morgan fingerprint density at radius 3 is 2.71 bits per heavy atom. The number of aromatic amines is 1. The third-order valence-electron chi connectivity index (χ3n) is 5.84. The van der Waals surface area contributed by atoms with Gasteiger partial charge in [0.25, 0.3) is 5.56 Å². The molecule has 0 spiro atoms. The molecule has 31 heavy (non-hydrogen) atoms. The zero-order valence-electron chi connectivity index (χ0n) is 18.3. The van der Waals surface area contributed by atoms with Crippen LogP contribution in [0, 0.1) is 0 Å². The zero-order valence-corrected chi connectivity index (χ0v) is 18.3. The van der Waals surface area contributed by atoms with Gasteiger partial charge in [-0.2, -0.15) is 0 Å². The van der Waals surface area contributed by atoms with Crippen molar-refractivity contribution in [2.45, 2.75) is 52.0 Å². The summed E-state index contributed by atoms with van der Waals surface area (Å²) in [6.45, 7) is 7.98. The molecule has 7 heteroatoms. The summed E-state index contributed by atoms with van der Waals surface area (Å²) in [7, 11) is 2.04. The molecular formula is C24H31N3O4. The Morgan fingerprint density at radius 1 is 1.26 bits per heavy atom. The molecule has 0 fully saturated rings. The lowest BCUT2D eigenvalue weighted by Crippen LogP contribution is -2.21. The molecule has 166 valence electrons. The minimum Gasteiger partial charge on any atom is -0.506 e. The van der Waals surface area contributed by atoms with Crippen LogP contribution in [0.2, 0.25) is 0 Å². The lowest BCUT2D eigenvalue weighted by atomic mass is 9.96. The standard InChI is InChI=1S/C24H31N3O4/c1-4-12-25-14-17-13-16-8-6-5-7-9-18-21(15(2)10-11-19(16)27(17)3)26-23(29)20(22(18)28)24(30)31/h10-11,13,25H,2,4-9,12,14H2,1,3H3,(H,30,31)(H2,26,28,29)/b11-10-. The van der Waals surface area contributed by atoms with E-state index in [1.807, 2.05) is 19.2 Å². The quantitative estimate of drug-likeness (QED) is 0.548. The average Bonchev–Trinajstić information content (AvgIpc) is 3.00. The third-order valence-corrected chi connectivity index (χ3v) is 5.84. The van der Waals surface area contributed by atoms with E-state index in [9.17, 15) is 19.8 Å². The van der Waals surface area contributed by atoms with Crippen LogP contribution in [0.15, 0.2) is 23.5 Å². The Kier molecular flexibility index (Phi) is 7.17. The fourth-order valence-corrected chi connectivity index (χ4v) is 4.13. The number of nitrogens with one attached hydrogen (secondary N) is 2. The van der Waals surface area contributed by atoms with E-state index in [-0.39, 0.29) is 0 Å². The molecular weight excluding hydrogens is 394 g/mol. The number of carbonyl (C=O) groups is 1. The highest BCUT2D eigenvalue weighted by atomic mass is 16.4. The monoisotopic (exact) mass is 425 g/mol. The smallest absolute Gasteiger partial charge is 0.345 e. The fourth-order valence-electron chi connectivity index (χ4n) is 4.13. The number of carboxylic acid groups (broad SMARTS) is 1. The van der Waals surface area contributed by atoms with Crippen LogP contribution in [0.4, 0.5) is 0 Å². The van der Waals surface area contributed by atoms with E-state index in [1.165, 1.54) is 11.3 Å². The van der Waals surface area contributed by atoms with Gasteiger partial charge in [-0.15, -0.1) is 0 Å². The number of aromatic carboxylic acids is 1. The van der Waals surface area contributed by atoms with E-state index < -0.39 is 22.8 Å². The summed E-state index contributed by atoms with van der Waals surface area (Å²) in [5, 5.41) is 23.3. The van der Waals surface area contributed by atoms with Gasteiger partial charge in [0.1, 0.15) is 5.75 Å². The van der Waals surface area contributed by atoms with Gasteiger partial charge >= 0.3 is 5.97 Å². The van der Waals surface area contributed by atoms with Crippen LogP contribution in [-0.2, 0) is 26.4 Å². The highest BCUT2D eigenvalue weighted by molar-refractivity contribution is 5.92. The fraction of sp³-hybridized carbons (Fsp3) is 0.417. The zero-order chi connectivity index (χ0) is 22.5. The Balaban J connectivity index is 2.03. The molecule has 7 nitrogen and oxygen atoms in total. The Labute approximate surface area is 182 Å². The van der Waals surface area contributed by atoms with Gasteiger partial charge in [-0.3, -0.25) is 4.79 Å². The lowest BCUT2D eigenvalue weighted by molar-refractivity contribution is 0.0691. The number of hydrogen-bond acceptors (Lipinski definition) is 4. The van der Waals surface area contributed by atoms with Crippen LogP contribution in [0.25, 0.3) is 11.6 Å². The number of pyridine rings is 1. The average molecular weight is 426 g/mol. The normalized spacial score (nSPS) is 15.5. The van der Waals surface area contributed by atoms with Crippen molar-refractivity contribution < 1.29 is 15.0 Å². The molecule has 2 aromatic rings. The first-order chi connectivity index (χ1) is 14.8. The number of nitrogens with zero attached hydrogens (tertiary/aromatic N) is 1. The number of carboxylic acids is 1. The molecule has 0 radical (unpaired) electrons. The predicted octanol–water partition coefficient (Wildman–Crippen LogP) is 3.61. The number of fused-ring (bicyclic) bond motifs is 2. The summed E-state index contributed by atoms with van der Waals surface area (Å²) >= 11 is 0. The Hall–Kier alpha value is -3.06. The summed E-state index contributed by atoms with van der Waals surface area (Å²) in [5.41, 5.74) is 3.49. The van der Waals surface area contributed by atoms with Crippen molar-refractivity contribution in [3.63, 3.8) is 0 Å². The van der Waals surface area contributed by atoms with Gasteiger partial charge in [-0.05, 0) is 61.9 Å². The number of aromatic hydroxyl groups is 1. The molecule has 0 bridgehead atoms. The first kappa shape index (κ1) is 22.6. The van der Waals surface area contributed by atoms with Crippen LogP contribution in [0.3, 0.4) is 0 Å². The number of H-pyrrole nitrogens is 1. The number of aromatic nitrogens is 2.